The number of nitrogens with one attached hydrogen (secondary N) is 2. The first-order chi connectivity index (χ1) is 14.6. The summed E-state index contributed by atoms with van der Waals surface area (Å²) in [4.78, 5) is 20.1. The summed E-state index contributed by atoms with van der Waals surface area (Å²) in [5, 5.41) is 6.58. The molecule has 0 unspecified atom stereocenters. The first-order valence-electron chi connectivity index (χ1n) is 10.7. The molecule has 0 aliphatic carbocycles. The summed E-state index contributed by atoms with van der Waals surface area (Å²) in [5.74, 6) is 1.28. The Morgan fingerprint density at radius 3 is 2.57 bits per heavy atom. The highest BCUT2D eigenvalue weighted by Crippen LogP contribution is 2.18. The lowest BCUT2D eigenvalue weighted by Gasteiger charge is -2.10. The van der Waals surface area contributed by atoms with E-state index in [1.54, 1.807) is 13.3 Å². The van der Waals surface area contributed by atoms with E-state index in [2.05, 4.69) is 27.5 Å². The summed E-state index contributed by atoms with van der Waals surface area (Å²) in [7, 11) is 1.76. The number of carbonyl (C=O) groups excluding carboxylic acids is 1. The normalized spacial score (nSPS) is 11.4. The topological polar surface area (TPSA) is 88.8 Å². The molecule has 0 spiro atoms. The molecule has 1 heterocycles. The number of ether oxygens (including phenoxy) is 1. The van der Waals surface area contributed by atoms with Gasteiger partial charge in [0.05, 0.1) is 18.8 Å². The van der Waals surface area contributed by atoms with E-state index in [4.69, 9.17) is 9.15 Å². The van der Waals surface area contributed by atoms with Crippen LogP contribution in [-0.4, -0.2) is 37.1 Å². The van der Waals surface area contributed by atoms with Gasteiger partial charge >= 0.3 is 5.97 Å². The van der Waals surface area contributed by atoms with Crippen LogP contribution in [0.15, 0.2) is 39.9 Å². The van der Waals surface area contributed by atoms with Crippen molar-refractivity contribution in [1.29, 1.82) is 0 Å². The predicted molar refractivity (Wildman–Crippen MR) is 119 cm³/mol. The monoisotopic (exact) mass is 414 g/mol. The van der Waals surface area contributed by atoms with Crippen LogP contribution >= 0.6 is 0 Å². The lowest BCUT2D eigenvalue weighted by atomic mass is 10.1. The molecule has 164 valence electrons. The highest BCUT2D eigenvalue weighted by Gasteiger charge is 2.07. The number of unbranched alkanes of at least 4 members (excludes halogenated alkanes) is 4. The number of benzene rings is 1. The Labute approximate surface area is 179 Å². The highest BCUT2D eigenvalue weighted by atomic mass is 16.5. The Morgan fingerprint density at radius 2 is 1.83 bits per heavy atom. The second kappa shape index (κ2) is 13.4. The minimum absolute atomic E-state index is 0.0906. The molecule has 7 heteroatoms. The molecule has 1 aromatic heterocycles. The van der Waals surface area contributed by atoms with Crippen LogP contribution in [0, 0.1) is 6.92 Å². The van der Waals surface area contributed by atoms with Crippen LogP contribution in [0.5, 0.6) is 0 Å². The summed E-state index contributed by atoms with van der Waals surface area (Å²) in [6.07, 6.45) is 7.45. The van der Waals surface area contributed by atoms with E-state index in [1.807, 2.05) is 31.2 Å². The number of carbonyl (C=O) groups is 1. The van der Waals surface area contributed by atoms with Crippen LogP contribution in [0.25, 0.3) is 11.5 Å². The maximum absolute atomic E-state index is 11.3. The third-order valence-corrected chi connectivity index (χ3v) is 4.67. The Morgan fingerprint density at radius 1 is 1.10 bits per heavy atom. The zero-order valence-electron chi connectivity index (χ0n) is 18.4. The molecule has 30 heavy (non-hydrogen) atoms. The molecule has 2 N–H and O–H groups in total. The van der Waals surface area contributed by atoms with Crippen molar-refractivity contribution in [2.45, 2.75) is 58.9 Å². The Bertz CT molecular complexity index is 784. The van der Waals surface area contributed by atoms with Crippen LogP contribution in [0.3, 0.4) is 0 Å². The number of rotatable bonds is 12. The van der Waals surface area contributed by atoms with Crippen molar-refractivity contribution in [2.24, 2.45) is 4.99 Å². The lowest BCUT2D eigenvalue weighted by molar-refractivity contribution is -0.143. The van der Waals surface area contributed by atoms with Crippen LogP contribution in [0.4, 0.5) is 0 Å². The molecule has 2 rings (SSSR count). The van der Waals surface area contributed by atoms with Crippen LogP contribution in [0.1, 0.15) is 56.7 Å². The molecule has 0 aliphatic rings. The molecule has 7 nitrogen and oxygen atoms in total. The minimum Gasteiger partial charge on any atom is -0.466 e. The zero-order chi connectivity index (χ0) is 21.6. The molecule has 1 aromatic carbocycles. The maximum atomic E-state index is 11.3. The first-order valence-corrected chi connectivity index (χ1v) is 10.7. The highest BCUT2D eigenvalue weighted by molar-refractivity contribution is 5.79. The molecule has 0 fully saturated rings. The van der Waals surface area contributed by atoms with E-state index in [0.29, 0.717) is 25.5 Å². The Hall–Kier alpha value is -2.83. The van der Waals surface area contributed by atoms with E-state index >= 15 is 0 Å². The summed E-state index contributed by atoms with van der Waals surface area (Å²) >= 11 is 0. The molecular formula is C23H34N4O3. The van der Waals surface area contributed by atoms with E-state index < -0.39 is 0 Å². The molecule has 0 amide bonds. The van der Waals surface area contributed by atoms with Gasteiger partial charge in [-0.1, -0.05) is 37.0 Å². The van der Waals surface area contributed by atoms with E-state index in [1.165, 1.54) is 5.56 Å². The third kappa shape index (κ3) is 8.68. The van der Waals surface area contributed by atoms with Crippen molar-refractivity contribution in [3.05, 3.63) is 41.8 Å². The standard InChI is InChI=1S/C23H34N4O3/c1-4-29-21(28)10-8-6-5-7-9-15-25-23(24-3)26-16-20-17-30-22(27-20)19-13-11-18(2)12-14-19/h11-14,17H,4-10,15-16H2,1-3H3,(H2,24,25,26). The van der Waals surface area contributed by atoms with Crippen molar-refractivity contribution in [1.82, 2.24) is 15.6 Å². The van der Waals surface area contributed by atoms with Gasteiger partial charge in [-0.3, -0.25) is 9.79 Å². The number of aromatic nitrogens is 1. The van der Waals surface area contributed by atoms with Crippen LogP contribution in [0.2, 0.25) is 0 Å². The van der Waals surface area contributed by atoms with Gasteiger partial charge in [0, 0.05) is 25.6 Å². The predicted octanol–water partition coefficient (Wildman–Crippen LogP) is 4.22. The van der Waals surface area contributed by atoms with Crippen molar-refractivity contribution in [2.75, 3.05) is 20.2 Å². The van der Waals surface area contributed by atoms with Gasteiger partial charge in [-0.15, -0.1) is 0 Å². The van der Waals surface area contributed by atoms with E-state index in [9.17, 15) is 4.79 Å². The van der Waals surface area contributed by atoms with Gasteiger partial charge in [-0.25, -0.2) is 4.98 Å². The third-order valence-electron chi connectivity index (χ3n) is 4.67. The number of esters is 1. The molecule has 0 bridgehead atoms. The number of hydrogen-bond acceptors (Lipinski definition) is 5. The fraction of sp³-hybridized carbons (Fsp3) is 0.522. The summed E-state index contributed by atoms with van der Waals surface area (Å²) < 4.78 is 10.5. The van der Waals surface area contributed by atoms with Crippen LogP contribution < -0.4 is 10.6 Å². The molecule has 0 aliphatic heterocycles. The Kier molecular flexibility index (Phi) is 10.5. The number of oxazole rings is 1. The summed E-state index contributed by atoms with van der Waals surface area (Å²) in [6.45, 7) is 5.75. The molecule has 0 saturated carbocycles. The first kappa shape index (κ1) is 23.4. The minimum atomic E-state index is -0.0906. The maximum Gasteiger partial charge on any atom is 0.305 e. The number of aryl methyl sites for hydroxylation is 1. The van der Waals surface area contributed by atoms with Gasteiger partial charge in [-0.2, -0.15) is 0 Å². The number of hydrogen-bond donors (Lipinski definition) is 2. The molecule has 0 saturated heterocycles. The van der Waals surface area contributed by atoms with Gasteiger partial charge in [0.1, 0.15) is 6.26 Å². The van der Waals surface area contributed by atoms with E-state index in [-0.39, 0.29) is 5.97 Å². The fourth-order valence-electron chi connectivity index (χ4n) is 2.98. The zero-order valence-corrected chi connectivity index (χ0v) is 18.4. The van der Waals surface area contributed by atoms with Gasteiger partial charge < -0.3 is 19.8 Å². The van der Waals surface area contributed by atoms with Crippen molar-refractivity contribution < 1.29 is 13.9 Å². The summed E-state index contributed by atoms with van der Waals surface area (Å²) in [5.41, 5.74) is 3.01. The second-order valence-corrected chi connectivity index (χ2v) is 7.19. The van der Waals surface area contributed by atoms with Crippen molar-refractivity contribution in [3.63, 3.8) is 0 Å². The lowest BCUT2D eigenvalue weighted by Crippen LogP contribution is -2.37. The quantitative estimate of drug-likeness (QED) is 0.234. The van der Waals surface area contributed by atoms with Crippen molar-refractivity contribution >= 4 is 11.9 Å². The number of guanidine groups is 1. The molecular weight excluding hydrogens is 380 g/mol. The summed E-state index contributed by atoms with van der Waals surface area (Å²) in [6, 6.07) is 8.11. The molecule has 0 radical (unpaired) electrons. The number of aliphatic imine (C=N–C) groups is 1. The van der Waals surface area contributed by atoms with Crippen LogP contribution in [-0.2, 0) is 16.1 Å². The van der Waals surface area contributed by atoms with Gasteiger partial charge in [-0.05, 0) is 38.8 Å². The average molecular weight is 415 g/mol. The van der Waals surface area contributed by atoms with Crippen molar-refractivity contribution in [3.8, 4) is 11.5 Å². The van der Waals surface area contributed by atoms with Gasteiger partial charge in [0.25, 0.3) is 0 Å². The second-order valence-electron chi connectivity index (χ2n) is 7.19. The average Bonchev–Trinajstić information content (AvgIpc) is 3.22. The van der Waals surface area contributed by atoms with Gasteiger partial charge in [0.2, 0.25) is 5.89 Å². The molecule has 0 atom stereocenters. The van der Waals surface area contributed by atoms with E-state index in [0.717, 1.165) is 55.9 Å². The smallest absolute Gasteiger partial charge is 0.305 e. The number of nitrogens with zero attached hydrogens (tertiary/aromatic N) is 2. The van der Waals surface area contributed by atoms with Gasteiger partial charge in [0.15, 0.2) is 5.96 Å². The largest absolute Gasteiger partial charge is 0.466 e. The fourth-order valence-corrected chi connectivity index (χ4v) is 2.98. The SMILES string of the molecule is CCOC(=O)CCCCCCCNC(=NC)NCc1coc(-c2ccc(C)cc2)n1. The Balaban J connectivity index is 1.59. The molecule has 2 aromatic rings.